The Labute approximate surface area is 173 Å². The van der Waals surface area contributed by atoms with Gasteiger partial charge in [-0.2, -0.15) is 0 Å². The number of carbonyl (C=O) groups excluding carboxylic acids is 3. The van der Waals surface area contributed by atoms with Crippen LogP contribution in [0.4, 0.5) is 0 Å². The summed E-state index contributed by atoms with van der Waals surface area (Å²) in [6.45, 7) is 3.00. The van der Waals surface area contributed by atoms with E-state index >= 15 is 0 Å². The molecule has 0 aromatic carbocycles. The number of rotatable bonds is 9. The van der Waals surface area contributed by atoms with Gasteiger partial charge in [0.15, 0.2) is 0 Å². The largest absolute Gasteiger partial charge is 0.480 e. The number of nitrogens with zero attached hydrogens (tertiary/aromatic N) is 2. The monoisotopic (exact) mass is 424 g/mol. The number of carboxylic acids is 1. The molecule has 5 atom stereocenters. The number of imidazole rings is 1. The average Bonchev–Trinajstić information content (AvgIpc) is 3.35. The van der Waals surface area contributed by atoms with Crippen molar-refractivity contribution in [3.8, 4) is 0 Å². The lowest BCUT2D eigenvalue weighted by atomic mass is 10.1. The zero-order valence-electron chi connectivity index (χ0n) is 16.9. The Morgan fingerprint density at radius 3 is 2.53 bits per heavy atom. The Balaban J connectivity index is 2.21. The molecule has 3 amide bonds. The van der Waals surface area contributed by atoms with Crippen LogP contribution in [0.1, 0.15) is 32.4 Å². The highest BCUT2D eigenvalue weighted by atomic mass is 16.4. The van der Waals surface area contributed by atoms with Gasteiger partial charge in [0.25, 0.3) is 0 Å². The summed E-state index contributed by atoms with van der Waals surface area (Å²) >= 11 is 0. The first-order valence-electron chi connectivity index (χ1n) is 9.66. The van der Waals surface area contributed by atoms with Gasteiger partial charge in [0.05, 0.1) is 18.5 Å². The first-order chi connectivity index (χ1) is 14.1. The predicted molar refractivity (Wildman–Crippen MR) is 104 cm³/mol. The normalized spacial score (nSPS) is 20.1. The lowest BCUT2D eigenvalue weighted by molar-refractivity contribution is -0.149. The second-order valence-electron chi connectivity index (χ2n) is 7.39. The summed E-state index contributed by atoms with van der Waals surface area (Å²) in [6.07, 6.45) is 2.53. The predicted octanol–water partition coefficient (Wildman–Crippen LogP) is -2.27. The number of aliphatic hydroxyl groups excluding tert-OH is 1. The molecule has 1 fully saturated rings. The second-order valence-corrected chi connectivity index (χ2v) is 7.39. The quantitative estimate of drug-likeness (QED) is 0.255. The highest BCUT2D eigenvalue weighted by Gasteiger charge is 2.39. The number of H-pyrrole nitrogens is 1. The molecular weight excluding hydrogens is 396 g/mol. The average molecular weight is 424 g/mol. The third-order valence-electron chi connectivity index (χ3n) is 4.89. The van der Waals surface area contributed by atoms with Gasteiger partial charge in [-0.3, -0.25) is 14.4 Å². The van der Waals surface area contributed by atoms with Gasteiger partial charge in [-0.1, -0.05) is 0 Å². The number of carbonyl (C=O) groups is 4. The van der Waals surface area contributed by atoms with E-state index in [-0.39, 0.29) is 13.0 Å². The molecule has 5 unspecified atom stereocenters. The molecule has 1 aromatic rings. The molecular formula is C18H28N6O6. The van der Waals surface area contributed by atoms with E-state index in [0.29, 0.717) is 18.5 Å². The smallest absolute Gasteiger partial charge is 0.326 e. The summed E-state index contributed by atoms with van der Waals surface area (Å²) < 4.78 is 0. The molecule has 7 N–H and O–H groups in total. The van der Waals surface area contributed by atoms with Gasteiger partial charge in [-0.15, -0.1) is 0 Å². The Morgan fingerprint density at radius 2 is 2.00 bits per heavy atom. The number of nitrogens with one attached hydrogen (secondary N) is 3. The molecule has 30 heavy (non-hydrogen) atoms. The van der Waals surface area contributed by atoms with Crippen LogP contribution >= 0.6 is 0 Å². The van der Waals surface area contributed by atoms with E-state index < -0.39 is 54.0 Å². The third-order valence-corrected chi connectivity index (χ3v) is 4.89. The Hall–Kier alpha value is -2.99. The summed E-state index contributed by atoms with van der Waals surface area (Å²) in [5, 5.41) is 24.2. The fraction of sp³-hybridized carbons (Fsp3) is 0.611. The van der Waals surface area contributed by atoms with Crippen molar-refractivity contribution < 1.29 is 29.4 Å². The van der Waals surface area contributed by atoms with Crippen molar-refractivity contribution in [2.45, 2.75) is 63.4 Å². The van der Waals surface area contributed by atoms with Gasteiger partial charge in [-0.25, -0.2) is 9.78 Å². The Morgan fingerprint density at radius 1 is 1.30 bits per heavy atom. The maximum absolute atomic E-state index is 13.1. The van der Waals surface area contributed by atoms with Crippen LogP contribution in [0.5, 0.6) is 0 Å². The third kappa shape index (κ3) is 5.76. The number of carboxylic acid groups (broad SMARTS) is 1. The molecule has 166 valence electrons. The van der Waals surface area contributed by atoms with E-state index in [2.05, 4.69) is 20.6 Å². The molecule has 1 aliphatic rings. The van der Waals surface area contributed by atoms with Crippen molar-refractivity contribution in [1.82, 2.24) is 25.5 Å². The molecule has 1 aliphatic heterocycles. The number of likely N-dealkylation sites (tertiary alicyclic amines) is 1. The van der Waals surface area contributed by atoms with Crippen molar-refractivity contribution >= 4 is 23.7 Å². The van der Waals surface area contributed by atoms with E-state index in [4.69, 9.17) is 5.73 Å². The molecule has 0 bridgehead atoms. The first-order valence-corrected chi connectivity index (χ1v) is 9.66. The van der Waals surface area contributed by atoms with Gasteiger partial charge >= 0.3 is 5.97 Å². The van der Waals surface area contributed by atoms with Gasteiger partial charge in [0.1, 0.15) is 18.1 Å². The molecule has 2 rings (SSSR count). The zero-order valence-corrected chi connectivity index (χ0v) is 16.9. The molecule has 0 aliphatic carbocycles. The fourth-order valence-electron chi connectivity index (χ4n) is 3.26. The summed E-state index contributed by atoms with van der Waals surface area (Å²) in [5.41, 5.74) is 6.05. The summed E-state index contributed by atoms with van der Waals surface area (Å²) in [6, 6.07) is -4.33. The van der Waals surface area contributed by atoms with Gasteiger partial charge in [-0.05, 0) is 26.7 Å². The first kappa shape index (κ1) is 23.3. The maximum atomic E-state index is 13.1. The molecule has 2 heterocycles. The zero-order chi connectivity index (χ0) is 22.4. The Bertz CT molecular complexity index is 765. The van der Waals surface area contributed by atoms with Crippen molar-refractivity contribution in [1.29, 1.82) is 0 Å². The van der Waals surface area contributed by atoms with Crippen LogP contribution in [-0.2, 0) is 25.6 Å². The van der Waals surface area contributed by atoms with Crippen molar-refractivity contribution in [3.63, 3.8) is 0 Å². The second kappa shape index (κ2) is 10.2. The van der Waals surface area contributed by atoms with Crippen LogP contribution in [-0.4, -0.2) is 85.6 Å². The number of aromatic nitrogens is 2. The van der Waals surface area contributed by atoms with Gasteiger partial charge in [0, 0.05) is 24.9 Å². The molecule has 1 aromatic heterocycles. The number of hydrogen-bond donors (Lipinski definition) is 6. The molecule has 12 heteroatoms. The van der Waals surface area contributed by atoms with Crippen molar-refractivity contribution in [2.24, 2.45) is 5.73 Å². The molecule has 12 nitrogen and oxygen atoms in total. The molecule has 1 saturated heterocycles. The number of aliphatic hydroxyl groups is 1. The van der Waals surface area contributed by atoms with E-state index in [1.54, 1.807) is 0 Å². The van der Waals surface area contributed by atoms with Gasteiger partial charge < -0.3 is 36.5 Å². The van der Waals surface area contributed by atoms with Crippen molar-refractivity contribution in [3.05, 3.63) is 18.2 Å². The van der Waals surface area contributed by atoms with E-state index in [1.807, 2.05) is 0 Å². The van der Waals surface area contributed by atoms with Crippen LogP contribution in [0.15, 0.2) is 12.5 Å². The number of nitrogens with two attached hydrogens (primary N) is 1. The minimum atomic E-state index is -1.34. The highest BCUT2D eigenvalue weighted by Crippen LogP contribution is 2.19. The molecule has 0 spiro atoms. The summed E-state index contributed by atoms with van der Waals surface area (Å²) in [5.74, 6) is -3.11. The maximum Gasteiger partial charge on any atom is 0.326 e. The Kier molecular flexibility index (Phi) is 7.89. The van der Waals surface area contributed by atoms with Crippen LogP contribution in [0.3, 0.4) is 0 Å². The molecule has 0 radical (unpaired) electrons. The fourth-order valence-corrected chi connectivity index (χ4v) is 3.26. The highest BCUT2D eigenvalue weighted by molar-refractivity contribution is 5.94. The SMILES string of the molecule is CC(N)C(=O)NC(C(=O)NC(Cc1cnc[nH]1)C(=O)N1CCCC1C(=O)O)C(C)O. The molecule has 0 saturated carbocycles. The van der Waals surface area contributed by atoms with Gasteiger partial charge in [0.2, 0.25) is 17.7 Å². The lowest BCUT2D eigenvalue weighted by Crippen LogP contribution is -2.60. The minimum Gasteiger partial charge on any atom is -0.480 e. The number of aliphatic carboxylic acids is 1. The summed E-state index contributed by atoms with van der Waals surface area (Å²) in [7, 11) is 0. The minimum absolute atomic E-state index is 0.0289. The number of amides is 3. The van der Waals surface area contributed by atoms with Crippen molar-refractivity contribution in [2.75, 3.05) is 6.54 Å². The van der Waals surface area contributed by atoms with Crippen LogP contribution in [0, 0.1) is 0 Å². The van der Waals surface area contributed by atoms with E-state index in [1.165, 1.54) is 31.3 Å². The topological polar surface area (TPSA) is 191 Å². The van der Waals surface area contributed by atoms with E-state index in [0.717, 1.165) is 0 Å². The standard InChI is InChI=1S/C18H28N6O6/c1-9(19)15(26)23-14(10(2)25)16(27)22-12(6-11-7-20-8-21-11)17(28)24-5-3-4-13(24)18(29)30/h7-10,12-14,25H,3-6,19H2,1-2H3,(H,20,21)(H,22,27)(H,23,26)(H,29,30). The van der Waals surface area contributed by atoms with E-state index in [9.17, 15) is 29.4 Å². The summed E-state index contributed by atoms with van der Waals surface area (Å²) in [4.78, 5) is 57.2. The lowest BCUT2D eigenvalue weighted by Gasteiger charge is -2.29. The number of aromatic amines is 1. The number of hydrogen-bond acceptors (Lipinski definition) is 7. The van der Waals surface area contributed by atoms with Crippen LogP contribution in [0.25, 0.3) is 0 Å². The van der Waals surface area contributed by atoms with Crippen LogP contribution in [0.2, 0.25) is 0 Å². The van der Waals surface area contributed by atoms with Crippen LogP contribution < -0.4 is 16.4 Å².